The summed E-state index contributed by atoms with van der Waals surface area (Å²) in [5, 5.41) is 0. The molecule has 14 heteroatoms. The Kier molecular flexibility index (Phi) is 6.97. The first-order valence-electron chi connectivity index (χ1n) is 11.7. The van der Waals surface area contributed by atoms with E-state index in [4.69, 9.17) is 9.72 Å². The van der Waals surface area contributed by atoms with Crippen molar-refractivity contribution >= 4 is 38.6 Å². The first-order valence-corrected chi connectivity index (χ1v) is 13.6. The Morgan fingerprint density at radius 2 is 1.84 bits per heavy atom. The van der Waals surface area contributed by atoms with Gasteiger partial charge in [0.2, 0.25) is 5.95 Å². The molecule has 3 aromatic rings. The van der Waals surface area contributed by atoms with Gasteiger partial charge < -0.3 is 14.2 Å². The Bertz CT molecular complexity index is 1550. The number of imidazole rings is 1. The van der Waals surface area contributed by atoms with Crippen LogP contribution in [0, 0.1) is 5.92 Å². The van der Waals surface area contributed by atoms with Gasteiger partial charge >= 0.3 is 12.1 Å². The van der Waals surface area contributed by atoms with Crippen LogP contribution >= 0.6 is 0 Å². The number of sulfone groups is 1. The molecule has 1 atom stereocenters. The summed E-state index contributed by atoms with van der Waals surface area (Å²) in [7, 11) is -3.69. The van der Waals surface area contributed by atoms with E-state index >= 15 is 0 Å². The van der Waals surface area contributed by atoms with E-state index < -0.39 is 45.1 Å². The average Bonchev–Trinajstić information content (AvgIpc) is 3.17. The van der Waals surface area contributed by atoms with Gasteiger partial charge in [0.1, 0.15) is 12.4 Å². The molecule has 1 unspecified atom stereocenters. The fraction of sp³-hybridized carbons (Fsp3) is 0.458. The molecule has 204 valence electrons. The Labute approximate surface area is 216 Å². The molecule has 0 spiro atoms. The van der Waals surface area contributed by atoms with Gasteiger partial charge in [0.05, 0.1) is 27.5 Å². The molecule has 38 heavy (non-hydrogen) atoms. The molecular formula is C24H26F3N5O5S. The monoisotopic (exact) mass is 553 g/mol. The van der Waals surface area contributed by atoms with Crippen molar-refractivity contribution in [3.63, 3.8) is 0 Å². The van der Waals surface area contributed by atoms with E-state index in [1.54, 1.807) is 11.0 Å². The predicted molar refractivity (Wildman–Crippen MR) is 130 cm³/mol. The topological polar surface area (TPSA) is 124 Å². The second kappa shape index (κ2) is 9.64. The molecule has 3 heterocycles. The number of anilines is 1. The molecule has 0 N–H and O–H groups in total. The Balaban J connectivity index is 1.86. The highest BCUT2D eigenvalue weighted by Crippen LogP contribution is 2.39. The van der Waals surface area contributed by atoms with Gasteiger partial charge in [0, 0.05) is 38.0 Å². The Morgan fingerprint density at radius 1 is 1.16 bits per heavy atom. The summed E-state index contributed by atoms with van der Waals surface area (Å²) in [4.78, 5) is 37.3. The highest BCUT2D eigenvalue weighted by Gasteiger charge is 2.40. The first-order chi connectivity index (χ1) is 17.6. The number of nitrogens with zero attached hydrogens (tertiary/aromatic N) is 5. The number of ether oxygens (including phenoxy) is 1. The van der Waals surface area contributed by atoms with Gasteiger partial charge in [-0.05, 0) is 25.0 Å². The van der Waals surface area contributed by atoms with Crippen LogP contribution in [0.1, 0.15) is 61.2 Å². The molecule has 0 saturated heterocycles. The quantitative estimate of drug-likeness (QED) is 0.332. The number of esters is 1. The molecular weight excluding hydrogens is 527 g/mol. The Morgan fingerprint density at radius 3 is 2.39 bits per heavy atom. The van der Waals surface area contributed by atoms with Crippen molar-refractivity contribution in [1.82, 2.24) is 19.5 Å². The number of carbonyl (C=O) groups excluding carboxylic acids is 2. The fourth-order valence-electron chi connectivity index (χ4n) is 4.67. The van der Waals surface area contributed by atoms with Crippen LogP contribution in [0.5, 0.6) is 0 Å². The second-order valence-corrected chi connectivity index (χ2v) is 11.5. The van der Waals surface area contributed by atoms with Crippen molar-refractivity contribution < 1.29 is 35.9 Å². The number of hydrogen-bond donors (Lipinski definition) is 0. The van der Waals surface area contributed by atoms with Gasteiger partial charge in [0.25, 0.3) is 0 Å². The van der Waals surface area contributed by atoms with Crippen LogP contribution in [0.25, 0.3) is 11.0 Å². The molecule has 4 rings (SSSR count). The summed E-state index contributed by atoms with van der Waals surface area (Å²) in [6, 6.07) is 2.47. The zero-order chi connectivity index (χ0) is 28.2. The molecule has 1 aromatic carbocycles. The van der Waals surface area contributed by atoms with Gasteiger partial charge in [-0.3, -0.25) is 9.59 Å². The van der Waals surface area contributed by atoms with Gasteiger partial charge in [-0.25, -0.2) is 23.4 Å². The number of Topliss-reactive ketones (excluding diaryl/α,β-unsaturated/α-hetero) is 1. The van der Waals surface area contributed by atoms with Gasteiger partial charge in [-0.15, -0.1) is 0 Å². The second-order valence-electron chi connectivity index (χ2n) is 9.49. The van der Waals surface area contributed by atoms with Gasteiger partial charge in [-0.1, -0.05) is 13.8 Å². The third-order valence-corrected chi connectivity index (χ3v) is 7.45. The van der Waals surface area contributed by atoms with E-state index in [-0.39, 0.29) is 42.0 Å². The van der Waals surface area contributed by atoms with Crippen LogP contribution < -0.4 is 4.90 Å². The normalized spacial score (nSPS) is 16.1. The summed E-state index contributed by atoms with van der Waals surface area (Å²) >= 11 is 0. The number of ketones is 1. The molecule has 2 aromatic heterocycles. The van der Waals surface area contributed by atoms with E-state index in [1.165, 1.54) is 13.0 Å². The summed E-state index contributed by atoms with van der Waals surface area (Å²) < 4.78 is 73.1. The number of rotatable bonds is 6. The maximum Gasteiger partial charge on any atom is 0.434 e. The molecule has 1 aliphatic rings. The van der Waals surface area contributed by atoms with Gasteiger partial charge in [-0.2, -0.15) is 13.2 Å². The predicted octanol–water partition coefficient (Wildman–Crippen LogP) is 3.73. The summed E-state index contributed by atoms with van der Waals surface area (Å²) in [6.07, 6.45) is -2.91. The number of fused-ring (bicyclic) bond motifs is 3. The summed E-state index contributed by atoms with van der Waals surface area (Å²) in [5.74, 6) is -1.22. The summed E-state index contributed by atoms with van der Waals surface area (Å²) in [6.45, 7) is 6.19. The summed E-state index contributed by atoms with van der Waals surface area (Å²) in [5.41, 5.74) is -0.668. The molecule has 0 amide bonds. The minimum atomic E-state index is -4.85. The lowest BCUT2D eigenvalue weighted by Crippen LogP contribution is -2.42. The van der Waals surface area contributed by atoms with Gasteiger partial charge in [0.15, 0.2) is 21.3 Å². The molecule has 0 aliphatic carbocycles. The molecule has 1 aliphatic heterocycles. The van der Waals surface area contributed by atoms with E-state index in [2.05, 4.69) is 9.97 Å². The third-order valence-electron chi connectivity index (χ3n) is 6.27. The highest BCUT2D eigenvalue weighted by atomic mass is 32.2. The average molecular weight is 554 g/mol. The van der Waals surface area contributed by atoms with E-state index in [0.717, 1.165) is 19.4 Å². The zero-order valence-electron chi connectivity index (χ0n) is 21.3. The van der Waals surface area contributed by atoms with E-state index in [0.29, 0.717) is 16.9 Å². The van der Waals surface area contributed by atoms with Crippen LogP contribution in [-0.2, 0) is 38.7 Å². The van der Waals surface area contributed by atoms with Crippen molar-refractivity contribution in [3.8, 4) is 0 Å². The number of hydrogen-bond acceptors (Lipinski definition) is 9. The fourth-order valence-corrected chi connectivity index (χ4v) is 5.59. The lowest BCUT2D eigenvalue weighted by atomic mass is 10.00. The van der Waals surface area contributed by atoms with Crippen LogP contribution in [0.3, 0.4) is 0 Å². The molecule has 0 fully saturated rings. The lowest BCUT2D eigenvalue weighted by molar-refractivity contribution is -0.142. The number of benzene rings is 1. The lowest BCUT2D eigenvalue weighted by Gasteiger charge is -2.38. The van der Waals surface area contributed by atoms with E-state index in [1.807, 2.05) is 18.4 Å². The molecule has 0 radical (unpaired) electrons. The van der Waals surface area contributed by atoms with Crippen LogP contribution in [-0.4, -0.2) is 52.5 Å². The van der Waals surface area contributed by atoms with Crippen molar-refractivity contribution in [2.45, 2.75) is 58.0 Å². The first kappa shape index (κ1) is 27.5. The minimum Gasteiger partial charge on any atom is -0.461 e. The molecule has 0 saturated carbocycles. The molecule has 0 bridgehead atoms. The minimum absolute atomic E-state index is 0.00421. The number of halogens is 3. The third kappa shape index (κ3) is 5.08. The largest absolute Gasteiger partial charge is 0.461 e. The standard InChI is InChI=1S/C24H26F3N5O5S/c1-12(2)20-22-29-17-8-15(11-37-14(4)34)19(38(5,35)36)9-18(17)31(22)6-7-32(20)23-28-10-16(13(3)33)21(30-23)24(25,26)27/h8-10,12,20H,6-7,11H2,1-5H3. The molecule has 10 nitrogen and oxygen atoms in total. The van der Waals surface area contributed by atoms with Crippen molar-refractivity contribution in [2.24, 2.45) is 5.92 Å². The maximum absolute atomic E-state index is 13.7. The zero-order valence-corrected chi connectivity index (χ0v) is 22.1. The van der Waals surface area contributed by atoms with Crippen LogP contribution in [0.15, 0.2) is 23.2 Å². The smallest absolute Gasteiger partial charge is 0.434 e. The maximum atomic E-state index is 13.7. The van der Waals surface area contributed by atoms with E-state index in [9.17, 15) is 31.2 Å². The van der Waals surface area contributed by atoms with Crippen molar-refractivity contribution in [1.29, 1.82) is 0 Å². The SMILES string of the molecule is CC(=O)OCc1cc2nc3n(c2cc1S(C)(=O)=O)CCN(c1ncc(C(C)=O)c(C(F)(F)F)n1)C3C(C)C. The van der Waals surface area contributed by atoms with Crippen LogP contribution in [0.2, 0.25) is 0 Å². The highest BCUT2D eigenvalue weighted by molar-refractivity contribution is 7.90. The Hall–Kier alpha value is -3.55. The number of alkyl halides is 3. The number of carbonyl (C=O) groups is 2. The van der Waals surface area contributed by atoms with Crippen molar-refractivity contribution in [2.75, 3.05) is 17.7 Å². The van der Waals surface area contributed by atoms with Crippen molar-refractivity contribution in [3.05, 3.63) is 41.0 Å². The number of aromatic nitrogens is 4. The van der Waals surface area contributed by atoms with Crippen LogP contribution in [0.4, 0.5) is 19.1 Å².